The zero-order chi connectivity index (χ0) is 19.0. The van der Waals surface area contributed by atoms with Crippen LogP contribution >= 0.6 is 0 Å². The molecule has 7 heteroatoms. The molecule has 0 spiro atoms. The summed E-state index contributed by atoms with van der Waals surface area (Å²) in [5, 5.41) is 0. The second-order valence-corrected chi connectivity index (χ2v) is 8.60. The summed E-state index contributed by atoms with van der Waals surface area (Å²) in [5.74, 6) is 1.76. The topological polar surface area (TPSA) is 73.9 Å². The summed E-state index contributed by atoms with van der Waals surface area (Å²) < 4.78 is 45.6. The highest BCUT2D eigenvalue weighted by molar-refractivity contribution is 7.89. The molecule has 0 radical (unpaired) electrons. The van der Waals surface area contributed by atoms with Crippen molar-refractivity contribution in [3.05, 3.63) is 47.0 Å². The van der Waals surface area contributed by atoms with Crippen molar-refractivity contribution in [2.45, 2.75) is 37.1 Å². The van der Waals surface area contributed by atoms with E-state index in [2.05, 4.69) is 4.72 Å². The third-order valence-electron chi connectivity index (χ3n) is 5.02. The zero-order valence-corrected chi connectivity index (χ0v) is 16.3. The first-order valence-electron chi connectivity index (χ1n) is 9.07. The maximum Gasteiger partial charge on any atom is 0.244 e. The van der Waals surface area contributed by atoms with E-state index >= 15 is 0 Å². The molecule has 1 atom stereocenters. The Hall–Kier alpha value is -2.25. The molecule has 27 heavy (non-hydrogen) atoms. The second-order valence-electron chi connectivity index (χ2n) is 6.92. The first-order valence-corrected chi connectivity index (χ1v) is 10.6. The molecule has 1 heterocycles. The number of fused-ring (bicyclic) bond motifs is 2. The van der Waals surface area contributed by atoms with Crippen LogP contribution < -0.4 is 18.9 Å². The summed E-state index contributed by atoms with van der Waals surface area (Å²) in [6.45, 7) is 2.90. The monoisotopic (exact) mass is 389 g/mol. The van der Waals surface area contributed by atoms with Crippen molar-refractivity contribution in [3.63, 3.8) is 0 Å². The van der Waals surface area contributed by atoms with E-state index in [0.717, 1.165) is 41.7 Å². The average molecular weight is 389 g/mol. The van der Waals surface area contributed by atoms with Gasteiger partial charge in [0.1, 0.15) is 23.9 Å². The summed E-state index contributed by atoms with van der Waals surface area (Å²) in [6, 6.07) is 8.74. The molecule has 144 valence electrons. The molecule has 6 nitrogen and oxygen atoms in total. The van der Waals surface area contributed by atoms with Gasteiger partial charge < -0.3 is 14.2 Å². The Kier molecular flexibility index (Phi) is 4.74. The van der Waals surface area contributed by atoms with Crippen molar-refractivity contribution in [2.24, 2.45) is 0 Å². The minimum absolute atomic E-state index is 0.162. The molecule has 4 rings (SSSR count). The van der Waals surface area contributed by atoms with Gasteiger partial charge in [0.05, 0.1) is 7.11 Å². The van der Waals surface area contributed by atoms with Crippen LogP contribution in [0.15, 0.2) is 35.2 Å². The maximum atomic E-state index is 13.1. The number of ether oxygens (including phenoxy) is 3. The van der Waals surface area contributed by atoms with Crippen LogP contribution in [0.3, 0.4) is 0 Å². The van der Waals surface area contributed by atoms with Crippen molar-refractivity contribution < 1.29 is 22.6 Å². The highest BCUT2D eigenvalue weighted by Crippen LogP contribution is 2.40. The highest BCUT2D eigenvalue weighted by Gasteiger charge is 2.29. The molecule has 0 saturated heterocycles. The molecule has 0 fully saturated rings. The van der Waals surface area contributed by atoms with E-state index < -0.39 is 10.0 Å². The molecule has 1 aliphatic heterocycles. The standard InChI is InChI=1S/C20H23NO5S/c1-13-6-7-17(24-2)20(10-13)27(22,23)21-16-5-3-4-14-11-18-19(12-15(14)16)26-9-8-25-18/h6-7,10-12,16,21H,3-5,8-9H2,1-2H3. The van der Waals surface area contributed by atoms with Gasteiger partial charge in [0.25, 0.3) is 0 Å². The van der Waals surface area contributed by atoms with Gasteiger partial charge >= 0.3 is 0 Å². The van der Waals surface area contributed by atoms with Crippen LogP contribution in [0.5, 0.6) is 17.2 Å². The van der Waals surface area contributed by atoms with E-state index in [1.165, 1.54) is 7.11 Å². The summed E-state index contributed by atoms with van der Waals surface area (Å²) in [5.41, 5.74) is 2.93. The number of hydrogen-bond acceptors (Lipinski definition) is 5. The van der Waals surface area contributed by atoms with Crippen LogP contribution in [0.1, 0.15) is 35.6 Å². The normalized spacial score (nSPS) is 18.7. The number of nitrogens with one attached hydrogen (secondary N) is 1. The molecule has 0 amide bonds. The summed E-state index contributed by atoms with van der Waals surface area (Å²) in [6.07, 6.45) is 2.54. The van der Waals surface area contributed by atoms with Crippen LogP contribution in [0.2, 0.25) is 0 Å². The smallest absolute Gasteiger partial charge is 0.244 e. The van der Waals surface area contributed by atoms with Gasteiger partial charge in [-0.15, -0.1) is 0 Å². The van der Waals surface area contributed by atoms with Gasteiger partial charge in [0.15, 0.2) is 11.5 Å². The SMILES string of the molecule is COc1ccc(C)cc1S(=O)(=O)NC1CCCc2cc3c(cc21)OCCO3. The Morgan fingerprint density at radius 3 is 2.59 bits per heavy atom. The van der Waals surface area contributed by atoms with Crippen molar-refractivity contribution in [3.8, 4) is 17.2 Å². The lowest BCUT2D eigenvalue weighted by molar-refractivity contribution is 0.171. The third-order valence-corrected chi connectivity index (χ3v) is 6.52. The summed E-state index contributed by atoms with van der Waals surface area (Å²) in [4.78, 5) is 0.162. The number of aryl methyl sites for hydroxylation is 2. The lowest BCUT2D eigenvalue weighted by Gasteiger charge is -2.29. The van der Waals surface area contributed by atoms with Gasteiger partial charge in [-0.3, -0.25) is 0 Å². The van der Waals surface area contributed by atoms with E-state index in [-0.39, 0.29) is 10.9 Å². The van der Waals surface area contributed by atoms with E-state index in [4.69, 9.17) is 14.2 Å². The van der Waals surface area contributed by atoms with Gasteiger partial charge in [0, 0.05) is 6.04 Å². The van der Waals surface area contributed by atoms with E-state index in [1.54, 1.807) is 12.1 Å². The van der Waals surface area contributed by atoms with Gasteiger partial charge in [-0.05, 0) is 67.1 Å². The fraction of sp³-hybridized carbons (Fsp3) is 0.400. The van der Waals surface area contributed by atoms with Gasteiger partial charge in [-0.2, -0.15) is 0 Å². The van der Waals surface area contributed by atoms with Crippen molar-refractivity contribution >= 4 is 10.0 Å². The molecule has 1 aliphatic carbocycles. The fourth-order valence-electron chi connectivity index (χ4n) is 3.71. The van der Waals surface area contributed by atoms with E-state index in [0.29, 0.717) is 24.7 Å². The van der Waals surface area contributed by atoms with Crippen LogP contribution in [0, 0.1) is 6.92 Å². The Bertz CT molecular complexity index is 971. The lowest BCUT2D eigenvalue weighted by atomic mass is 9.88. The van der Waals surface area contributed by atoms with E-state index in [1.807, 2.05) is 25.1 Å². The molecule has 1 unspecified atom stereocenters. The number of rotatable bonds is 4. The predicted octanol–water partition coefficient (Wildman–Crippen LogP) is 3.13. The van der Waals surface area contributed by atoms with Crippen LogP contribution in [-0.4, -0.2) is 28.7 Å². The number of sulfonamides is 1. The zero-order valence-electron chi connectivity index (χ0n) is 15.4. The van der Waals surface area contributed by atoms with Gasteiger partial charge in [-0.25, -0.2) is 13.1 Å². The Morgan fingerprint density at radius 2 is 1.85 bits per heavy atom. The average Bonchev–Trinajstić information content (AvgIpc) is 2.66. The second kappa shape index (κ2) is 7.05. The van der Waals surface area contributed by atoms with Crippen LogP contribution in [0.4, 0.5) is 0 Å². The van der Waals surface area contributed by atoms with E-state index in [9.17, 15) is 8.42 Å². The van der Waals surface area contributed by atoms with Crippen molar-refractivity contribution in [1.29, 1.82) is 0 Å². The molecular formula is C20H23NO5S. The summed E-state index contributed by atoms with van der Waals surface area (Å²) >= 11 is 0. The molecule has 0 bridgehead atoms. The van der Waals surface area contributed by atoms with Gasteiger partial charge in [0.2, 0.25) is 10.0 Å². The first-order chi connectivity index (χ1) is 13.0. The predicted molar refractivity (Wildman–Crippen MR) is 101 cm³/mol. The van der Waals surface area contributed by atoms with Crippen molar-refractivity contribution in [2.75, 3.05) is 20.3 Å². The Morgan fingerprint density at radius 1 is 1.11 bits per heavy atom. The number of hydrogen-bond donors (Lipinski definition) is 1. The molecule has 0 aromatic heterocycles. The molecule has 2 aromatic rings. The maximum absolute atomic E-state index is 13.1. The largest absolute Gasteiger partial charge is 0.495 e. The lowest BCUT2D eigenvalue weighted by Crippen LogP contribution is -2.31. The van der Waals surface area contributed by atoms with Crippen molar-refractivity contribution in [1.82, 2.24) is 4.72 Å². The molecular weight excluding hydrogens is 366 g/mol. The first kappa shape index (κ1) is 18.1. The number of methoxy groups -OCH3 is 1. The minimum atomic E-state index is -3.74. The molecule has 2 aliphatic rings. The number of benzene rings is 2. The van der Waals surface area contributed by atoms with Gasteiger partial charge in [-0.1, -0.05) is 6.07 Å². The van der Waals surface area contributed by atoms with Crippen LogP contribution in [-0.2, 0) is 16.4 Å². The quantitative estimate of drug-likeness (QED) is 0.870. The minimum Gasteiger partial charge on any atom is -0.495 e. The fourth-order valence-corrected chi connectivity index (χ4v) is 5.21. The molecule has 0 saturated carbocycles. The summed E-state index contributed by atoms with van der Waals surface area (Å²) in [7, 11) is -2.26. The third kappa shape index (κ3) is 3.49. The molecule has 1 N–H and O–H groups in total. The Labute approximate surface area is 159 Å². The van der Waals surface area contributed by atoms with Crippen LogP contribution in [0.25, 0.3) is 0 Å². The highest BCUT2D eigenvalue weighted by atomic mass is 32.2. The Balaban J connectivity index is 1.69. The molecule has 2 aromatic carbocycles.